The number of fused-ring (bicyclic) bond motifs is 3. The molecule has 0 aromatic heterocycles. The molecule has 0 unspecified atom stereocenters. The van der Waals surface area contributed by atoms with Crippen LogP contribution in [0, 0.1) is 23.7 Å². The Bertz CT molecular complexity index is 1420. The maximum Gasteiger partial charge on any atom is 0.264 e. The number of sulfonamides is 1. The normalized spacial score (nSPS) is 28.0. The lowest BCUT2D eigenvalue weighted by Gasteiger charge is -2.40. The number of allylic oxidation sites excluding steroid dienone is 2. The van der Waals surface area contributed by atoms with Crippen LogP contribution in [0.5, 0.6) is 5.75 Å². The van der Waals surface area contributed by atoms with Crippen LogP contribution in [0.15, 0.2) is 48.6 Å². The fraction of sp³-hybridized carbons (Fsp3) is 0.484. The van der Waals surface area contributed by atoms with Crippen LogP contribution in [0.3, 0.4) is 0 Å². The largest absolute Gasteiger partial charge is 0.487 e. The molecule has 0 spiro atoms. The van der Waals surface area contributed by atoms with E-state index in [0.29, 0.717) is 23.9 Å². The lowest BCUT2D eigenvalue weighted by atomic mass is 9.70. The standard InChI is InChI=1S/C31H37ClN2O5S/c1-20-6-12-29(35)27-11-8-24(27)17-34-14-4-3-5-22-15-26(32)10-7-25(22)18-39-30-13-9-23(16-28(30)34)31(36)33-40(37,38)19-21(20)2/h6-7,9-10,12-13,15-16,20-21,24,27H,3-5,8,11,14,17-19H2,1-2H3,(H,33,36)/b12-6+/t20-,21+,24-,27+/m0/s1. The number of ether oxygens (including phenoxy) is 1. The summed E-state index contributed by atoms with van der Waals surface area (Å²) >= 11 is 6.28. The molecular formula is C31H37ClN2O5S. The summed E-state index contributed by atoms with van der Waals surface area (Å²) in [5.74, 6) is -0.407. The molecule has 1 N–H and O–H groups in total. The Morgan fingerprint density at radius 3 is 2.62 bits per heavy atom. The molecule has 2 heterocycles. The van der Waals surface area contributed by atoms with Gasteiger partial charge in [0.1, 0.15) is 12.4 Å². The van der Waals surface area contributed by atoms with Crippen LogP contribution in [0.4, 0.5) is 5.69 Å². The van der Waals surface area contributed by atoms with Crippen LogP contribution in [-0.2, 0) is 27.8 Å². The van der Waals surface area contributed by atoms with E-state index in [4.69, 9.17) is 16.3 Å². The molecule has 4 atom stereocenters. The highest BCUT2D eigenvalue weighted by Gasteiger charge is 2.37. The summed E-state index contributed by atoms with van der Waals surface area (Å²) in [5, 5.41) is 0.698. The predicted molar refractivity (Wildman–Crippen MR) is 157 cm³/mol. The van der Waals surface area contributed by atoms with Crippen molar-refractivity contribution in [1.82, 2.24) is 4.72 Å². The molecule has 9 heteroatoms. The van der Waals surface area contributed by atoms with Gasteiger partial charge in [-0.1, -0.05) is 37.6 Å². The molecule has 0 radical (unpaired) electrons. The Labute approximate surface area is 242 Å². The minimum absolute atomic E-state index is 0.0594. The van der Waals surface area contributed by atoms with Gasteiger partial charge < -0.3 is 9.64 Å². The van der Waals surface area contributed by atoms with Gasteiger partial charge in [0, 0.05) is 29.6 Å². The summed E-state index contributed by atoms with van der Waals surface area (Å²) in [6, 6.07) is 10.9. The molecule has 1 fully saturated rings. The fourth-order valence-electron chi connectivity index (χ4n) is 5.82. The first-order chi connectivity index (χ1) is 19.1. The van der Waals surface area contributed by atoms with E-state index in [1.54, 1.807) is 24.3 Å². The Kier molecular flexibility index (Phi) is 8.57. The highest BCUT2D eigenvalue weighted by Crippen LogP contribution is 2.39. The van der Waals surface area contributed by atoms with Crippen molar-refractivity contribution in [3.63, 3.8) is 0 Å². The number of nitrogens with zero attached hydrogens (tertiary/aromatic N) is 1. The maximum absolute atomic E-state index is 13.2. The summed E-state index contributed by atoms with van der Waals surface area (Å²) < 4.78 is 34.4. The maximum atomic E-state index is 13.2. The average molecular weight is 585 g/mol. The Morgan fingerprint density at radius 2 is 1.85 bits per heavy atom. The molecule has 1 aliphatic carbocycles. The lowest BCUT2D eigenvalue weighted by Crippen LogP contribution is -2.42. The van der Waals surface area contributed by atoms with Gasteiger partial charge in [0.05, 0.1) is 11.4 Å². The molecule has 5 rings (SSSR count). The average Bonchev–Trinajstić information content (AvgIpc) is 2.91. The monoisotopic (exact) mass is 584 g/mol. The number of amides is 1. The highest BCUT2D eigenvalue weighted by molar-refractivity contribution is 7.90. The number of hydrogen-bond donors (Lipinski definition) is 1. The molecule has 7 nitrogen and oxygen atoms in total. The molecule has 2 bridgehead atoms. The number of rotatable bonds is 0. The van der Waals surface area contributed by atoms with Gasteiger partial charge in [-0.15, -0.1) is 0 Å². The SMILES string of the molecule is C[C@@H]1CS(=O)(=O)NC(=O)c2ccc3c(c2)N(CCCCc2cc(Cl)ccc2CO3)C[C@@H]2CC[C@H]2C(=O)/C=C/[C@@H]1C. The van der Waals surface area contributed by atoms with Crippen LogP contribution in [-0.4, -0.2) is 39.0 Å². The number of nitrogens with one attached hydrogen (secondary N) is 1. The van der Waals surface area contributed by atoms with Crippen LogP contribution < -0.4 is 14.4 Å². The van der Waals surface area contributed by atoms with Gasteiger partial charge >= 0.3 is 0 Å². The molecule has 214 valence electrons. The van der Waals surface area contributed by atoms with Crippen molar-refractivity contribution < 1.29 is 22.7 Å². The first-order valence-electron chi connectivity index (χ1n) is 14.2. The third kappa shape index (κ3) is 6.55. The van der Waals surface area contributed by atoms with E-state index < -0.39 is 15.9 Å². The van der Waals surface area contributed by atoms with Gasteiger partial charge in [-0.05, 0) is 97.4 Å². The first-order valence-corrected chi connectivity index (χ1v) is 16.2. The molecule has 2 aliphatic heterocycles. The molecule has 1 amide bonds. The van der Waals surface area contributed by atoms with Crippen molar-refractivity contribution >= 4 is 39.0 Å². The highest BCUT2D eigenvalue weighted by atomic mass is 35.5. The van der Waals surface area contributed by atoms with Crippen molar-refractivity contribution in [2.24, 2.45) is 23.7 Å². The zero-order valence-electron chi connectivity index (χ0n) is 23.1. The zero-order valence-corrected chi connectivity index (χ0v) is 24.6. The van der Waals surface area contributed by atoms with E-state index in [-0.39, 0.29) is 40.8 Å². The summed E-state index contributed by atoms with van der Waals surface area (Å²) in [6.07, 6.45) is 7.99. The van der Waals surface area contributed by atoms with E-state index >= 15 is 0 Å². The second-order valence-electron chi connectivity index (χ2n) is 11.5. The Hall–Kier alpha value is -2.84. The second-order valence-corrected chi connectivity index (χ2v) is 13.7. The molecule has 3 aliphatic rings. The Morgan fingerprint density at radius 1 is 1.02 bits per heavy atom. The fourth-order valence-corrected chi connectivity index (χ4v) is 7.50. The molecule has 2 aromatic rings. The van der Waals surface area contributed by atoms with Gasteiger partial charge in [0.2, 0.25) is 10.0 Å². The number of ketones is 1. The van der Waals surface area contributed by atoms with Crippen molar-refractivity contribution in [1.29, 1.82) is 0 Å². The van der Waals surface area contributed by atoms with Gasteiger partial charge in [0.15, 0.2) is 5.78 Å². The number of aryl methyl sites for hydroxylation is 1. The van der Waals surface area contributed by atoms with E-state index in [9.17, 15) is 18.0 Å². The summed E-state index contributed by atoms with van der Waals surface area (Å²) in [7, 11) is -3.89. The third-order valence-corrected chi connectivity index (χ3v) is 10.4. The van der Waals surface area contributed by atoms with Gasteiger partial charge in [-0.25, -0.2) is 13.1 Å². The summed E-state index contributed by atoms with van der Waals surface area (Å²) in [4.78, 5) is 28.5. The molecule has 0 saturated heterocycles. The van der Waals surface area contributed by atoms with Gasteiger partial charge in [-0.3, -0.25) is 9.59 Å². The minimum atomic E-state index is -3.89. The van der Waals surface area contributed by atoms with E-state index in [2.05, 4.69) is 9.62 Å². The van der Waals surface area contributed by atoms with Crippen molar-refractivity contribution in [3.05, 3.63) is 70.3 Å². The van der Waals surface area contributed by atoms with Crippen molar-refractivity contribution in [2.45, 2.75) is 52.6 Å². The molecule has 40 heavy (non-hydrogen) atoms. The van der Waals surface area contributed by atoms with Crippen LogP contribution >= 0.6 is 11.6 Å². The molecular weight excluding hydrogens is 548 g/mol. The van der Waals surface area contributed by atoms with Crippen LogP contribution in [0.25, 0.3) is 0 Å². The number of carbonyl (C=O) groups is 2. The third-order valence-electron chi connectivity index (χ3n) is 8.67. The smallest absolute Gasteiger partial charge is 0.264 e. The summed E-state index contributed by atoms with van der Waals surface area (Å²) in [6.45, 7) is 5.45. The lowest BCUT2D eigenvalue weighted by molar-refractivity contribution is -0.122. The number of halogens is 1. The molecule has 2 aromatic carbocycles. The van der Waals surface area contributed by atoms with Crippen LogP contribution in [0.2, 0.25) is 5.02 Å². The van der Waals surface area contributed by atoms with Crippen molar-refractivity contribution in [3.8, 4) is 5.75 Å². The van der Waals surface area contributed by atoms with Gasteiger partial charge in [0.25, 0.3) is 5.91 Å². The topological polar surface area (TPSA) is 92.8 Å². The second kappa shape index (κ2) is 12.0. The quantitative estimate of drug-likeness (QED) is 0.436. The summed E-state index contributed by atoms with van der Waals surface area (Å²) in [5.41, 5.74) is 3.22. The van der Waals surface area contributed by atoms with Crippen molar-refractivity contribution in [2.75, 3.05) is 23.7 Å². The first kappa shape index (κ1) is 28.7. The number of carbonyl (C=O) groups excluding carboxylic acids is 2. The Balaban J connectivity index is 1.53. The predicted octanol–water partition coefficient (Wildman–Crippen LogP) is 5.56. The van der Waals surface area contributed by atoms with Crippen LogP contribution in [0.1, 0.15) is 61.0 Å². The number of hydrogen-bond acceptors (Lipinski definition) is 6. The van der Waals surface area contributed by atoms with Gasteiger partial charge in [-0.2, -0.15) is 0 Å². The van der Waals surface area contributed by atoms with E-state index in [1.165, 1.54) is 0 Å². The minimum Gasteiger partial charge on any atom is -0.487 e. The number of anilines is 1. The number of benzene rings is 2. The van der Waals surface area contributed by atoms with E-state index in [0.717, 1.165) is 55.5 Å². The molecule has 1 saturated carbocycles. The zero-order chi connectivity index (χ0) is 28.4. The van der Waals surface area contributed by atoms with E-state index in [1.807, 2.05) is 38.1 Å².